The number of aliphatic imine (C=N–C) groups is 1. The molecule has 3 aromatic rings. The van der Waals surface area contributed by atoms with E-state index in [1.807, 2.05) is 43.3 Å². The number of ether oxygens (including phenoxy) is 1. The Balaban J connectivity index is 0.00000300. The molecule has 0 atom stereocenters. The van der Waals surface area contributed by atoms with E-state index in [9.17, 15) is 0 Å². The number of aryl methyl sites for hydroxylation is 1. The van der Waals surface area contributed by atoms with E-state index >= 15 is 0 Å². The molecule has 7 heteroatoms. The van der Waals surface area contributed by atoms with Crippen molar-refractivity contribution in [2.45, 2.75) is 13.3 Å². The Labute approximate surface area is 193 Å². The van der Waals surface area contributed by atoms with Crippen molar-refractivity contribution in [3.63, 3.8) is 0 Å². The Kier molecular flexibility index (Phi) is 9.93. The molecule has 0 radical (unpaired) electrons. The minimum Gasteiger partial charge on any atom is -0.491 e. The molecule has 0 amide bonds. The van der Waals surface area contributed by atoms with Gasteiger partial charge in [0, 0.05) is 31.0 Å². The molecular formula is C22H27IN4OS. The third-order valence-electron chi connectivity index (χ3n) is 4.19. The molecule has 1 aromatic heterocycles. The first-order valence-corrected chi connectivity index (χ1v) is 10.3. The van der Waals surface area contributed by atoms with Crippen molar-refractivity contribution < 1.29 is 4.74 Å². The van der Waals surface area contributed by atoms with Crippen molar-refractivity contribution in [3.05, 3.63) is 70.7 Å². The highest BCUT2D eigenvalue weighted by molar-refractivity contribution is 14.0. The van der Waals surface area contributed by atoms with Crippen molar-refractivity contribution in [1.82, 2.24) is 15.6 Å². The summed E-state index contributed by atoms with van der Waals surface area (Å²) in [6.07, 6.45) is 0.881. The predicted molar refractivity (Wildman–Crippen MR) is 133 cm³/mol. The lowest BCUT2D eigenvalue weighted by atomic mass is 10.1. The Morgan fingerprint density at radius 3 is 2.48 bits per heavy atom. The van der Waals surface area contributed by atoms with E-state index in [0.717, 1.165) is 46.5 Å². The first-order valence-electron chi connectivity index (χ1n) is 9.39. The maximum absolute atomic E-state index is 6.01. The maximum atomic E-state index is 6.01. The summed E-state index contributed by atoms with van der Waals surface area (Å²) in [5, 5.41) is 9.80. The third kappa shape index (κ3) is 7.32. The summed E-state index contributed by atoms with van der Waals surface area (Å²) in [6, 6.07) is 18.4. The fourth-order valence-electron chi connectivity index (χ4n) is 2.83. The summed E-state index contributed by atoms with van der Waals surface area (Å²) in [5.41, 5.74) is 3.37. The number of thiazole rings is 1. The number of nitrogens with one attached hydrogen (secondary N) is 2. The molecule has 0 unspecified atom stereocenters. The third-order valence-corrected chi connectivity index (χ3v) is 5.01. The molecule has 1 heterocycles. The molecule has 29 heavy (non-hydrogen) atoms. The van der Waals surface area contributed by atoms with Gasteiger partial charge in [0.05, 0.1) is 17.2 Å². The molecule has 0 aliphatic carbocycles. The SMILES string of the molecule is CN=C(NCCOc1ccccc1-c1ccccc1)NCCc1csc(C)n1.I. The number of halogens is 1. The van der Waals surface area contributed by atoms with Gasteiger partial charge in [-0.1, -0.05) is 48.5 Å². The van der Waals surface area contributed by atoms with E-state index in [4.69, 9.17) is 4.74 Å². The van der Waals surface area contributed by atoms with Gasteiger partial charge in [0.25, 0.3) is 0 Å². The molecular weight excluding hydrogens is 495 g/mol. The van der Waals surface area contributed by atoms with Crippen LogP contribution in [0.1, 0.15) is 10.7 Å². The van der Waals surface area contributed by atoms with Crippen LogP contribution in [0.2, 0.25) is 0 Å². The zero-order chi connectivity index (χ0) is 19.6. The van der Waals surface area contributed by atoms with Crippen LogP contribution in [0.5, 0.6) is 5.75 Å². The van der Waals surface area contributed by atoms with E-state index in [1.165, 1.54) is 0 Å². The molecule has 0 aliphatic rings. The minimum absolute atomic E-state index is 0. The highest BCUT2D eigenvalue weighted by atomic mass is 127. The molecule has 2 N–H and O–H groups in total. The van der Waals surface area contributed by atoms with Crippen LogP contribution in [0.15, 0.2) is 65.0 Å². The van der Waals surface area contributed by atoms with E-state index in [2.05, 4.69) is 44.2 Å². The Morgan fingerprint density at radius 2 is 1.76 bits per heavy atom. The quantitative estimate of drug-likeness (QED) is 0.198. The second-order valence-corrected chi connectivity index (χ2v) is 7.31. The second kappa shape index (κ2) is 12.4. The van der Waals surface area contributed by atoms with E-state index < -0.39 is 0 Å². The van der Waals surface area contributed by atoms with Crippen molar-refractivity contribution in [3.8, 4) is 16.9 Å². The maximum Gasteiger partial charge on any atom is 0.191 e. The Hall–Kier alpha value is -2.13. The zero-order valence-corrected chi connectivity index (χ0v) is 19.9. The van der Waals surface area contributed by atoms with Crippen LogP contribution in [-0.2, 0) is 6.42 Å². The van der Waals surface area contributed by atoms with Crippen LogP contribution < -0.4 is 15.4 Å². The molecule has 0 spiro atoms. The Bertz CT molecular complexity index is 899. The number of nitrogens with zero attached hydrogens (tertiary/aromatic N) is 2. The van der Waals surface area contributed by atoms with Gasteiger partial charge in [-0.2, -0.15) is 0 Å². The van der Waals surface area contributed by atoms with Gasteiger partial charge in [0.2, 0.25) is 0 Å². The molecule has 0 saturated heterocycles. The van der Waals surface area contributed by atoms with Crippen LogP contribution in [0.25, 0.3) is 11.1 Å². The fourth-order valence-corrected chi connectivity index (χ4v) is 3.48. The summed E-state index contributed by atoms with van der Waals surface area (Å²) in [4.78, 5) is 8.73. The van der Waals surface area contributed by atoms with Crippen LogP contribution in [0.3, 0.4) is 0 Å². The molecule has 2 aromatic carbocycles. The number of rotatable bonds is 8. The van der Waals surface area contributed by atoms with Gasteiger partial charge in [-0.15, -0.1) is 35.3 Å². The fraction of sp³-hybridized carbons (Fsp3) is 0.273. The lowest BCUT2D eigenvalue weighted by Gasteiger charge is -2.14. The molecule has 5 nitrogen and oxygen atoms in total. The van der Waals surface area contributed by atoms with Crippen LogP contribution in [-0.4, -0.2) is 37.7 Å². The van der Waals surface area contributed by atoms with Crippen molar-refractivity contribution >= 4 is 41.3 Å². The number of aromatic nitrogens is 1. The Morgan fingerprint density at radius 1 is 1.03 bits per heavy atom. The molecule has 3 rings (SSSR count). The number of hydrogen-bond donors (Lipinski definition) is 2. The van der Waals surface area contributed by atoms with E-state index in [-0.39, 0.29) is 24.0 Å². The second-order valence-electron chi connectivity index (χ2n) is 6.24. The number of hydrogen-bond acceptors (Lipinski definition) is 4. The van der Waals surface area contributed by atoms with Crippen molar-refractivity contribution in [1.29, 1.82) is 0 Å². The predicted octanol–water partition coefficient (Wildman–Crippen LogP) is 4.52. The first kappa shape index (κ1) is 23.2. The highest BCUT2D eigenvalue weighted by Gasteiger charge is 2.05. The number of guanidine groups is 1. The van der Waals surface area contributed by atoms with Gasteiger partial charge in [0.1, 0.15) is 12.4 Å². The topological polar surface area (TPSA) is 58.5 Å². The highest BCUT2D eigenvalue weighted by Crippen LogP contribution is 2.29. The van der Waals surface area contributed by atoms with Crippen LogP contribution in [0.4, 0.5) is 0 Å². The molecule has 0 saturated carbocycles. The van der Waals surface area contributed by atoms with Gasteiger partial charge < -0.3 is 15.4 Å². The molecule has 0 fully saturated rings. The van der Waals surface area contributed by atoms with Gasteiger partial charge in [0.15, 0.2) is 5.96 Å². The van der Waals surface area contributed by atoms with Gasteiger partial charge in [-0.3, -0.25) is 4.99 Å². The summed E-state index contributed by atoms with van der Waals surface area (Å²) >= 11 is 1.68. The number of para-hydroxylation sites is 1. The largest absolute Gasteiger partial charge is 0.491 e. The zero-order valence-electron chi connectivity index (χ0n) is 16.7. The van der Waals surface area contributed by atoms with Crippen LogP contribution >= 0.6 is 35.3 Å². The van der Waals surface area contributed by atoms with Crippen molar-refractivity contribution in [2.24, 2.45) is 4.99 Å². The average Bonchev–Trinajstić information content (AvgIpc) is 3.15. The monoisotopic (exact) mass is 522 g/mol. The standard InChI is InChI=1S/C22H26N4OS.HI/c1-17-26-19(16-28-17)12-13-24-22(23-2)25-14-15-27-21-11-7-6-10-20(21)18-8-4-3-5-9-18;/h3-11,16H,12-15H2,1-2H3,(H2,23,24,25);1H. The molecule has 0 bridgehead atoms. The van der Waals surface area contributed by atoms with Crippen LogP contribution in [0, 0.1) is 6.92 Å². The van der Waals surface area contributed by atoms with E-state index in [1.54, 1.807) is 18.4 Å². The smallest absolute Gasteiger partial charge is 0.191 e. The minimum atomic E-state index is 0. The van der Waals surface area contributed by atoms with E-state index in [0.29, 0.717) is 13.2 Å². The molecule has 154 valence electrons. The summed E-state index contributed by atoms with van der Waals surface area (Å²) in [7, 11) is 1.77. The lowest BCUT2D eigenvalue weighted by molar-refractivity contribution is 0.323. The number of benzene rings is 2. The summed E-state index contributed by atoms with van der Waals surface area (Å²) in [5.74, 6) is 1.66. The van der Waals surface area contributed by atoms with Crippen molar-refractivity contribution in [2.75, 3.05) is 26.7 Å². The van der Waals surface area contributed by atoms with Gasteiger partial charge >= 0.3 is 0 Å². The normalized spacial score (nSPS) is 10.9. The molecule has 0 aliphatic heterocycles. The van der Waals surface area contributed by atoms with Gasteiger partial charge in [-0.25, -0.2) is 4.98 Å². The first-order chi connectivity index (χ1) is 13.8. The summed E-state index contributed by atoms with van der Waals surface area (Å²) < 4.78 is 6.01. The average molecular weight is 522 g/mol. The summed E-state index contributed by atoms with van der Waals surface area (Å²) in [6.45, 7) is 4.03. The lowest BCUT2D eigenvalue weighted by Crippen LogP contribution is -2.40. The van der Waals surface area contributed by atoms with Gasteiger partial charge in [-0.05, 0) is 18.6 Å².